The largest absolute Gasteiger partial charge is 0.368 e. The van der Waals surface area contributed by atoms with E-state index in [1.807, 2.05) is 25.2 Å². The number of carbonyl (C=O) groups excluding carboxylic acids is 1. The van der Waals surface area contributed by atoms with E-state index in [1.165, 1.54) is 6.33 Å². The van der Waals surface area contributed by atoms with Gasteiger partial charge in [0.25, 0.3) is 5.91 Å². The van der Waals surface area contributed by atoms with E-state index >= 15 is 0 Å². The molecule has 140 valence electrons. The summed E-state index contributed by atoms with van der Waals surface area (Å²) in [5.74, 6) is 1.18. The lowest BCUT2D eigenvalue weighted by Gasteiger charge is -2.20. The molecule has 3 aromatic rings. The SMILES string of the molecule is CC(C)CC(NC(=O)c1cccc(-c2cnc(N)nc2)c1)c1ncnn1C. The van der Waals surface area contributed by atoms with Gasteiger partial charge in [-0.3, -0.25) is 9.48 Å². The van der Waals surface area contributed by atoms with Crippen molar-refractivity contribution >= 4 is 11.9 Å². The van der Waals surface area contributed by atoms with Crippen molar-refractivity contribution in [2.75, 3.05) is 5.73 Å². The molecule has 0 saturated carbocycles. The van der Waals surface area contributed by atoms with E-state index in [9.17, 15) is 4.79 Å². The van der Waals surface area contributed by atoms with Crippen LogP contribution < -0.4 is 11.1 Å². The maximum absolute atomic E-state index is 12.9. The molecule has 1 aromatic carbocycles. The summed E-state index contributed by atoms with van der Waals surface area (Å²) in [7, 11) is 1.82. The molecule has 0 bridgehead atoms. The fourth-order valence-electron chi connectivity index (χ4n) is 2.89. The monoisotopic (exact) mass is 365 g/mol. The molecule has 0 aliphatic rings. The standard InChI is InChI=1S/C19H23N7O/c1-12(2)7-16(17-23-11-24-26(17)3)25-18(27)14-6-4-5-13(8-14)15-9-21-19(20)22-10-15/h4-6,8-12,16H,7H2,1-3H3,(H,25,27)(H2,20,21,22). The van der Waals surface area contributed by atoms with Crippen molar-refractivity contribution in [3.8, 4) is 11.1 Å². The zero-order valence-electron chi connectivity index (χ0n) is 15.6. The second-order valence-electron chi connectivity index (χ2n) is 6.81. The average molecular weight is 365 g/mol. The predicted octanol–water partition coefficient (Wildman–Crippen LogP) is 2.37. The van der Waals surface area contributed by atoms with Crippen LogP contribution in [0.15, 0.2) is 43.0 Å². The Morgan fingerprint density at radius 3 is 2.56 bits per heavy atom. The van der Waals surface area contributed by atoms with Crippen molar-refractivity contribution < 1.29 is 4.79 Å². The van der Waals surface area contributed by atoms with Crippen LogP contribution in [0.4, 0.5) is 5.95 Å². The van der Waals surface area contributed by atoms with Crippen LogP contribution in [-0.2, 0) is 7.05 Å². The van der Waals surface area contributed by atoms with Crippen molar-refractivity contribution in [1.82, 2.24) is 30.0 Å². The minimum Gasteiger partial charge on any atom is -0.368 e. The molecule has 1 atom stereocenters. The summed E-state index contributed by atoms with van der Waals surface area (Å²) < 4.78 is 1.69. The first-order chi connectivity index (χ1) is 12.9. The lowest BCUT2D eigenvalue weighted by atomic mass is 10.0. The average Bonchev–Trinajstić information content (AvgIpc) is 3.07. The van der Waals surface area contributed by atoms with Gasteiger partial charge in [0.05, 0.1) is 6.04 Å². The van der Waals surface area contributed by atoms with Crippen LogP contribution in [0.5, 0.6) is 0 Å². The molecule has 3 rings (SSSR count). The Balaban J connectivity index is 1.83. The van der Waals surface area contributed by atoms with Crippen LogP contribution >= 0.6 is 0 Å². The van der Waals surface area contributed by atoms with Crippen LogP contribution in [0.1, 0.15) is 42.5 Å². The lowest BCUT2D eigenvalue weighted by molar-refractivity contribution is 0.0929. The first-order valence-electron chi connectivity index (χ1n) is 8.76. The highest BCUT2D eigenvalue weighted by atomic mass is 16.1. The Morgan fingerprint density at radius 2 is 1.93 bits per heavy atom. The molecule has 0 radical (unpaired) electrons. The molecule has 1 unspecified atom stereocenters. The second-order valence-corrected chi connectivity index (χ2v) is 6.81. The van der Waals surface area contributed by atoms with Crippen LogP contribution in [0.2, 0.25) is 0 Å². The van der Waals surface area contributed by atoms with Gasteiger partial charge in [-0.05, 0) is 30.0 Å². The number of amides is 1. The number of hydrogen-bond acceptors (Lipinski definition) is 6. The Hall–Kier alpha value is -3.29. The molecule has 2 heterocycles. The number of anilines is 1. The Kier molecular flexibility index (Phi) is 5.44. The van der Waals surface area contributed by atoms with E-state index in [4.69, 9.17) is 5.73 Å². The molecule has 1 amide bonds. The number of nitrogens with zero attached hydrogens (tertiary/aromatic N) is 5. The highest BCUT2D eigenvalue weighted by Crippen LogP contribution is 2.22. The van der Waals surface area contributed by atoms with E-state index in [1.54, 1.807) is 23.1 Å². The molecule has 2 aromatic heterocycles. The number of hydrogen-bond donors (Lipinski definition) is 2. The van der Waals surface area contributed by atoms with Crippen molar-refractivity contribution in [2.45, 2.75) is 26.3 Å². The third kappa shape index (κ3) is 4.46. The Morgan fingerprint density at radius 1 is 1.19 bits per heavy atom. The topological polar surface area (TPSA) is 112 Å². The quantitative estimate of drug-likeness (QED) is 0.694. The van der Waals surface area contributed by atoms with Gasteiger partial charge < -0.3 is 11.1 Å². The molecule has 0 aliphatic carbocycles. The number of carbonyl (C=O) groups is 1. The predicted molar refractivity (Wildman–Crippen MR) is 103 cm³/mol. The summed E-state index contributed by atoms with van der Waals surface area (Å²) in [6.07, 6.45) is 5.54. The number of rotatable bonds is 6. The second kappa shape index (κ2) is 7.94. The van der Waals surface area contributed by atoms with Crippen LogP contribution in [0, 0.1) is 5.92 Å². The normalized spacial score (nSPS) is 12.1. The molecule has 8 nitrogen and oxygen atoms in total. The van der Waals surface area contributed by atoms with Gasteiger partial charge in [0.15, 0.2) is 0 Å². The van der Waals surface area contributed by atoms with E-state index < -0.39 is 0 Å². The molecule has 0 fully saturated rings. The van der Waals surface area contributed by atoms with Crippen LogP contribution in [-0.4, -0.2) is 30.6 Å². The van der Waals surface area contributed by atoms with E-state index in [0.717, 1.165) is 23.4 Å². The molecule has 8 heteroatoms. The number of nitrogens with one attached hydrogen (secondary N) is 1. The number of nitrogens with two attached hydrogens (primary N) is 1. The summed E-state index contributed by atoms with van der Waals surface area (Å²) >= 11 is 0. The highest BCUT2D eigenvalue weighted by Gasteiger charge is 2.21. The van der Waals surface area contributed by atoms with Gasteiger partial charge in [0, 0.05) is 30.6 Å². The smallest absolute Gasteiger partial charge is 0.251 e. The van der Waals surface area contributed by atoms with E-state index in [0.29, 0.717) is 11.5 Å². The molecular formula is C19H23N7O. The number of aryl methyl sites for hydroxylation is 1. The fraction of sp³-hybridized carbons (Fsp3) is 0.316. The van der Waals surface area contributed by atoms with Crippen LogP contribution in [0.3, 0.4) is 0 Å². The maximum atomic E-state index is 12.9. The van der Waals surface area contributed by atoms with E-state index in [-0.39, 0.29) is 17.9 Å². The van der Waals surface area contributed by atoms with Gasteiger partial charge in [0.2, 0.25) is 5.95 Å². The molecular weight excluding hydrogens is 342 g/mol. The van der Waals surface area contributed by atoms with Crippen LogP contribution in [0.25, 0.3) is 11.1 Å². The van der Waals surface area contributed by atoms with Gasteiger partial charge in [-0.2, -0.15) is 5.10 Å². The van der Waals surface area contributed by atoms with Gasteiger partial charge in [0.1, 0.15) is 12.2 Å². The first kappa shape index (κ1) is 18.5. The fourth-order valence-corrected chi connectivity index (χ4v) is 2.89. The lowest BCUT2D eigenvalue weighted by Crippen LogP contribution is -2.31. The third-order valence-corrected chi connectivity index (χ3v) is 4.20. The number of nitrogen functional groups attached to an aromatic ring is 1. The zero-order valence-corrected chi connectivity index (χ0v) is 15.6. The van der Waals surface area contributed by atoms with Gasteiger partial charge >= 0.3 is 0 Å². The summed E-state index contributed by atoms with van der Waals surface area (Å²) in [4.78, 5) is 25.2. The maximum Gasteiger partial charge on any atom is 0.251 e. The molecule has 27 heavy (non-hydrogen) atoms. The van der Waals surface area contributed by atoms with Gasteiger partial charge in [-0.1, -0.05) is 26.0 Å². The summed E-state index contributed by atoms with van der Waals surface area (Å²) in [6, 6.07) is 7.11. The molecule has 0 aliphatic heterocycles. The number of benzene rings is 1. The van der Waals surface area contributed by atoms with Gasteiger partial charge in [-0.15, -0.1) is 0 Å². The third-order valence-electron chi connectivity index (χ3n) is 4.20. The van der Waals surface area contributed by atoms with Crippen molar-refractivity contribution in [3.63, 3.8) is 0 Å². The first-order valence-corrected chi connectivity index (χ1v) is 8.76. The zero-order chi connectivity index (χ0) is 19.4. The Labute approximate surface area is 157 Å². The van der Waals surface area contributed by atoms with E-state index in [2.05, 4.69) is 39.2 Å². The van der Waals surface area contributed by atoms with Crippen molar-refractivity contribution in [2.24, 2.45) is 13.0 Å². The summed E-state index contributed by atoms with van der Waals surface area (Å²) in [5, 5.41) is 7.20. The minimum atomic E-state index is -0.214. The molecule has 0 saturated heterocycles. The highest BCUT2D eigenvalue weighted by molar-refractivity contribution is 5.95. The minimum absolute atomic E-state index is 0.165. The summed E-state index contributed by atoms with van der Waals surface area (Å²) in [5.41, 5.74) is 7.74. The van der Waals surface area contributed by atoms with Crippen molar-refractivity contribution in [1.29, 1.82) is 0 Å². The Bertz CT molecular complexity index is 918. The summed E-state index contributed by atoms with van der Waals surface area (Å²) in [6.45, 7) is 4.22. The molecule has 3 N–H and O–H groups in total. The van der Waals surface area contributed by atoms with Crippen molar-refractivity contribution in [3.05, 3.63) is 54.4 Å². The van der Waals surface area contributed by atoms with Gasteiger partial charge in [-0.25, -0.2) is 15.0 Å². The number of aromatic nitrogens is 5. The molecule has 0 spiro atoms.